The highest BCUT2D eigenvalue weighted by atomic mass is 16.3. The first kappa shape index (κ1) is 25.1. The number of aryl methyl sites for hydroxylation is 1. The second-order valence-electron chi connectivity index (χ2n) is 10.1. The van der Waals surface area contributed by atoms with Crippen LogP contribution in [0.1, 0.15) is 64.0 Å². The summed E-state index contributed by atoms with van der Waals surface area (Å²) in [6.07, 6.45) is 3.13. The number of piperidine rings is 1. The Balaban J connectivity index is 1.57. The van der Waals surface area contributed by atoms with Gasteiger partial charge in [0.2, 0.25) is 5.91 Å². The predicted molar refractivity (Wildman–Crippen MR) is 133 cm³/mol. The number of nitrogens with one attached hydrogen (secondary N) is 1. The fraction of sp³-hybridized carbons (Fsp3) is 0.536. The number of likely N-dealkylation sites (tertiary alicyclic amines) is 1. The largest absolute Gasteiger partial charge is 0.508 e. The average molecular weight is 453 g/mol. The van der Waals surface area contributed by atoms with Gasteiger partial charge in [0, 0.05) is 25.0 Å². The number of phenols is 2. The quantitative estimate of drug-likeness (QED) is 0.496. The molecule has 2 aromatic rings. The first-order chi connectivity index (χ1) is 15.7. The lowest BCUT2D eigenvalue weighted by Crippen LogP contribution is -2.52. The SMILES string of the molecule is CC(C)C[C@@H](CN1CC[C@@H](c2cccc(O)c2)[C@@H](C)C1C)NC(=O)CCc1ccc(O)cc1. The van der Waals surface area contributed by atoms with Crippen LogP contribution < -0.4 is 5.32 Å². The number of benzene rings is 2. The van der Waals surface area contributed by atoms with Crippen LogP contribution in [-0.4, -0.2) is 46.2 Å². The van der Waals surface area contributed by atoms with Gasteiger partial charge in [0.1, 0.15) is 11.5 Å². The first-order valence-electron chi connectivity index (χ1n) is 12.3. The summed E-state index contributed by atoms with van der Waals surface area (Å²) in [7, 11) is 0. The minimum atomic E-state index is 0.0871. The molecule has 33 heavy (non-hydrogen) atoms. The Bertz CT molecular complexity index is 896. The van der Waals surface area contributed by atoms with Crippen LogP contribution in [0.4, 0.5) is 0 Å². The maximum atomic E-state index is 12.7. The number of amides is 1. The van der Waals surface area contributed by atoms with Gasteiger partial charge in [0.05, 0.1) is 0 Å². The van der Waals surface area contributed by atoms with Crippen LogP contribution in [0.3, 0.4) is 0 Å². The summed E-state index contributed by atoms with van der Waals surface area (Å²) in [4.78, 5) is 15.3. The minimum Gasteiger partial charge on any atom is -0.508 e. The zero-order valence-electron chi connectivity index (χ0n) is 20.5. The van der Waals surface area contributed by atoms with E-state index in [4.69, 9.17) is 0 Å². The van der Waals surface area contributed by atoms with Crippen molar-refractivity contribution in [3.63, 3.8) is 0 Å². The monoisotopic (exact) mass is 452 g/mol. The molecule has 0 radical (unpaired) electrons. The Morgan fingerprint density at radius 1 is 1.09 bits per heavy atom. The van der Waals surface area contributed by atoms with Crippen LogP contribution in [0.5, 0.6) is 11.5 Å². The number of hydrogen-bond donors (Lipinski definition) is 3. The van der Waals surface area contributed by atoms with Gasteiger partial charge in [-0.15, -0.1) is 0 Å². The van der Waals surface area contributed by atoms with Gasteiger partial charge in [-0.25, -0.2) is 0 Å². The molecule has 5 nitrogen and oxygen atoms in total. The van der Waals surface area contributed by atoms with E-state index in [1.807, 2.05) is 24.3 Å². The van der Waals surface area contributed by atoms with Gasteiger partial charge in [0.15, 0.2) is 0 Å². The Hall–Kier alpha value is -2.53. The molecule has 1 fully saturated rings. The van der Waals surface area contributed by atoms with Crippen molar-refractivity contribution in [2.24, 2.45) is 11.8 Å². The van der Waals surface area contributed by atoms with Crippen molar-refractivity contribution in [3.8, 4) is 11.5 Å². The lowest BCUT2D eigenvalue weighted by molar-refractivity contribution is -0.122. The van der Waals surface area contributed by atoms with Crippen LogP contribution in [0.25, 0.3) is 0 Å². The maximum Gasteiger partial charge on any atom is 0.220 e. The van der Waals surface area contributed by atoms with Crippen LogP contribution in [0, 0.1) is 11.8 Å². The van der Waals surface area contributed by atoms with E-state index >= 15 is 0 Å². The standard InChI is InChI=1S/C28H40N2O3/c1-19(2)16-24(29-28(33)13-10-22-8-11-25(31)12-9-22)18-30-15-14-27(20(3)21(30)4)23-6-5-7-26(32)17-23/h5-9,11-12,17,19-21,24,27,31-32H,10,13-16,18H2,1-4H3,(H,29,33)/t20-,21?,24-,27+/m0/s1. The molecule has 0 saturated carbocycles. The molecule has 4 atom stereocenters. The van der Waals surface area contributed by atoms with E-state index in [0.29, 0.717) is 42.4 Å². The van der Waals surface area contributed by atoms with Gasteiger partial charge in [-0.1, -0.05) is 45.0 Å². The van der Waals surface area contributed by atoms with Gasteiger partial charge >= 0.3 is 0 Å². The van der Waals surface area contributed by atoms with Crippen LogP contribution in [0.15, 0.2) is 48.5 Å². The number of nitrogens with zero attached hydrogens (tertiary/aromatic N) is 1. The molecule has 1 aliphatic rings. The van der Waals surface area contributed by atoms with Gasteiger partial charge in [0.25, 0.3) is 0 Å². The van der Waals surface area contributed by atoms with Crippen LogP contribution in [-0.2, 0) is 11.2 Å². The zero-order chi connectivity index (χ0) is 24.0. The lowest BCUT2D eigenvalue weighted by atomic mass is 9.77. The molecule has 3 N–H and O–H groups in total. The van der Waals surface area contributed by atoms with E-state index in [9.17, 15) is 15.0 Å². The molecular formula is C28H40N2O3. The van der Waals surface area contributed by atoms with Gasteiger partial charge in [-0.05, 0) is 85.9 Å². The normalized spacial score (nSPS) is 22.3. The highest BCUT2D eigenvalue weighted by molar-refractivity contribution is 5.76. The van der Waals surface area contributed by atoms with Crippen molar-refractivity contribution < 1.29 is 15.0 Å². The van der Waals surface area contributed by atoms with Gasteiger partial charge in [-0.3, -0.25) is 9.69 Å². The highest BCUT2D eigenvalue weighted by Gasteiger charge is 2.34. The number of phenolic OH excluding ortho intramolecular Hbond substituents is 2. The third-order valence-corrected chi connectivity index (χ3v) is 7.15. The number of carbonyl (C=O) groups excluding carboxylic acids is 1. The summed E-state index contributed by atoms with van der Waals surface area (Å²) >= 11 is 0. The molecule has 0 spiro atoms. The molecule has 1 heterocycles. The van der Waals surface area contributed by atoms with E-state index in [1.54, 1.807) is 18.2 Å². The Morgan fingerprint density at radius 2 is 1.82 bits per heavy atom. The summed E-state index contributed by atoms with van der Waals surface area (Å²) in [6.45, 7) is 10.9. The number of rotatable bonds is 9. The highest BCUT2D eigenvalue weighted by Crippen LogP contribution is 2.37. The molecular weight excluding hydrogens is 412 g/mol. The minimum absolute atomic E-state index is 0.0871. The summed E-state index contributed by atoms with van der Waals surface area (Å²) in [5.74, 6) is 2.07. The molecule has 2 aromatic carbocycles. The summed E-state index contributed by atoms with van der Waals surface area (Å²) < 4.78 is 0. The number of hydrogen-bond acceptors (Lipinski definition) is 4. The van der Waals surface area contributed by atoms with E-state index < -0.39 is 0 Å². The molecule has 180 valence electrons. The van der Waals surface area contributed by atoms with E-state index in [0.717, 1.165) is 31.5 Å². The molecule has 5 heteroatoms. The smallest absolute Gasteiger partial charge is 0.220 e. The molecule has 1 saturated heterocycles. The summed E-state index contributed by atoms with van der Waals surface area (Å²) in [5.41, 5.74) is 2.27. The topological polar surface area (TPSA) is 72.8 Å². The second kappa shape index (κ2) is 11.6. The van der Waals surface area contributed by atoms with Crippen LogP contribution >= 0.6 is 0 Å². The Kier molecular flexibility index (Phi) is 8.79. The van der Waals surface area contributed by atoms with Crippen molar-refractivity contribution >= 4 is 5.91 Å². The molecule has 1 amide bonds. The average Bonchev–Trinajstić information content (AvgIpc) is 2.76. The van der Waals surface area contributed by atoms with Crippen molar-refractivity contribution in [1.29, 1.82) is 0 Å². The Labute approximate surface area is 198 Å². The summed E-state index contributed by atoms with van der Waals surface area (Å²) in [6, 6.07) is 15.3. The van der Waals surface area contributed by atoms with Crippen molar-refractivity contribution in [1.82, 2.24) is 10.2 Å². The van der Waals surface area contributed by atoms with Gasteiger partial charge in [-0.2, -0.15) is 0 Å². The third kappa shape index (κ3) is 7.23. The molecule has 1 aliphatic heterocycles. The third-order valence-electron chi connectivity index (χ3n) is 7.15. The van der Waals surface area contributed by atoms with E-state index in [2.05, 4.69) is 44.0 Å². The Morgan fingerprint density at radius 3 is 2.48 bits per heavy atom. The molecule has 1 unspecified atom stereocenters. The molecule has 0 bridgehead atoms. The van der Waals surface area contributed by atoms with E-state index in [-0.39, 0.29) is 17.7 Å². The van der Waals surface area contributed by atoms with E-state index in [1.165, 1.54) is 5.56 Å². The number of aromatic hydroxyl groups is 2. The fourth-order valence-electron chi connectivity index (χ4n) is 5.17. The zero-order valence-corrected chi connectivity index (χ0v) is 20.5. The summed E-state index contributed by atoms with van der Waals surface area (Å²) in [5, 5.41) is 22.6. The van der Waals surface area contributed by atoms with Crippen molar-refractivity contribution in [3.05, 3.63) is 59.7 Å². The number of carbonyl (C=O) groups is 1. The molecule has 0 aromatic heterocycles. The van der Waals surface area contributed by atoms with Crippen LogP contribution in [0.2, 0.25) is 0 Å². The second-order valence-corrected chi connectivity index (χ2v) is 10.1. The van der Waals surface area contributed by atoms with Crippen molar-refractivity contribution in [2.45, 2.75) is 71.4 Å². The van der Waals surface area contributed by atoms with Crippen molar-refractivity contribution in [2.75, 3.05) is 13.1 Å². The fourth-order valence-corrected chi connectivity index (χ4v) is 5.17. The molecule has 0 aliphatic carbocycles. The molecule has 3 rings (SSSR count). The first-order valence-corrected chi connectivity index (χ1v) is 12.3. The predicted octanol–water partition coefficient (Wildman–Crippen LogP) is 5.08. The van der Waals surface area contributed by atoms with Gasteiger partial charge < -0.3 is 15.5 Å². The maximum absolute atomic E-state index is 12.7. The lowest BCUT2D eigenvalue weighted by Gasteiger charge is -2.44.